The SMILES string of the molecule is CONC(=O)c1cccc2cc(C)cc(C=O)c12. The van der Waals surface area contributed by atoms with Gasteiger partial charge in [-0.1, -0.05) is 18.2 Å². The van der Waals surface area contributed by atoms with Gasteiger partial charge >= 0.3 is 0 Å². The second kappa shape index (κ2) is 4.98. The molecular formula is C14H13NO3. The topological polar surface area (TPSA) is 55.4 Å². The molecule has 0 aliphatic heterocycles. The maximum atomic E-state index is 11.9. The van der Waals surface area contributed by atoms with Crippen LogP contribution in [0.15, 0.2) is 30.3 Å². The van der Waals surface area contributed by atoms with Crippen molar-refractivity contribution in [3.05, 3.63) is 47.0 Å². The Kier molecular flexibility index (Phi) is 3.39. The minimum absolute atomic E-state index is 0.366. The molecule has 2 rings (SSSR count). The fourth-order valence-electron chi connectivity index (χ4n) is 2.05. The standard InChI is InChI=1S/C14H13NO3/c1-9-6-10-4-3-5-12(14(17)15-18-2)13(10)11(7-9)8-16/h3-8H,1-2H3,(H,15,17). The van der Waals surface area contributed by atoms with Crippen LogP contribution in [0.2, 0.25) is 0 Å². The molecule has 1 N–H and O–H groups in total. The molecule has 0 aliphatic rings. The van der Waals surface area contributed by atoms with E-state index in [4.69, 9.17) is 0 Å². The number of rotatable bonds is 3. The van der Waals surface area contributed by atoms with E-state index >= 15 is 0 Å². The summed E-state index contributed by atoms with van der Waals surface area (Å²) in [7, 11) is 1.37. The molecule has 2 aromatic rings. The minimum atomic E-state index is -0.366. The molecule has 0 bridgehead atoms. The first-order valence-electron chi connectivity index (χ1n) is 5.49. The first-order valence-corrected chi connectivity index (χ1v) is 5.49. The second-order valence-electron chi connectivity index (χ2n) is 4.01. The molecule has 0 atom stereocenters. The molecule has 92 valence electrons. The average Bonchev–Trinajstić information content (AvgIpc) is 2.37. The summed E-state index contributed by atoms with van der Waals surface area (Å²) in [6.45, 7) is 1.91. The molecule has 0 unspecified atom stereocenters. The number of aldehydes is 1. The number of aryl methyl sites for hydroxylation is 1. The Morgan fingerprint density at radius 1 is 1.33 bits per heavy atom. The molecule has 1 amide bonds. The summed E-state index contributed by atoms with van der Waals surface area (Å²) in [4.78, 5) is 27.6. The summed E-state index contributed by atoms with van der Waals surface area (Å²) in [5.74, 6) is -0.366. The van der Waals surface area contributed by atoms with Crippen molar-refractivity contribution in [2.75, 3.05) is 7.11 Å². The van der Waals surface area contributed by atoms with E-state index < -0.39 is 0 Å². The molecule has 0 fully saturated rings. The van der Waals surface area contributed by atoms with Crippen molar-refractivity contribution in [1.82, 2.24) is 5.48 Å². The molecule has 4 heteroatoms. The second-order valence-corrected chi connectivity index (χ2v) is 4.01. The van der Waals surface area contributed by atoms with E-state index in [0.717, 1.165) is 17.2 Å². The molecule has 2 aromatic carbocycles. The van der Waals surface area contributed by atoms with Crippen molar-refractivity contribution in [2.45, 2.75) is 6.92 Å². The lowest BCUT2D eigenvalue weighted by Crippen LogP contribution is -2.22. The van der Waals surface area contributed by atoms with Gasteiger partial charge < -0.3 is 0 Å². The summed E-state index contributed by atoms with van der Waals surface area (Å²) in [6.07, 6.45) is 0.763. The van der Waals surface area contributed by atoms with E-state index in [9.17, 15) is 9.59 Å². The highest BCUT2D eigenvalue weighted by molar-refractivity contribution is 6.12. The smallest absolute Gasteiger partial charge is 0.275 e. The van der Waals surface area contributed by atoms with Crippen molar-refractivity contribution in [3.63, 3.8) is 0 Å². The van der Waals surface area contributed by atoms with Gasteiger partial charge in [0.15, 0.2) is 6.29 Å². The van der Waals surface area contributed by atoms with Crippen LogP contribution in [0.3, 0.4) is 0 Å². The third-order valence-electron chi connectivity index (χ3n) is 2.72. The third-order valence-corrected chi connectivity index (χ3v) is 2.72. The number of hydrogen-bond donors (Lipinski definition) is 1. The summed E-state index contributed by atoms with van der Waals surface area (Å²) < 4.78 is 0. The Morgan fingerprint density at radius 2 is 2.11 bits per heavy atom. The summed E-state index contributed by atoms with van der Waals surface area (Å²) >= 11 is 0. The number of nitrogens with one attached hydrogen (secondary N) is 1. The monoisotopic (exact) mass is 243 g/mol. The summed E-state index contributed by atoms with van der Waals surface area (Å²) in [5.41, 5.74) is 4.18. The van der Waals surface area contributed by atoms with Crippen LogP contribution < -0.4 is 5.48 Å². The van der Waals surface area contributed by atoms with Gasteiger partial charge in [0.2, 0.25) is 0 Å². The number of hydrogen-bond acceptors (Lipinski definition) is 3. The third kappa shape index (κ3) is 2.10. The van der Waals surface area contributed by atoms with Gasteiger partial charge in [-0.2, -0.15) is 0 Å². The van der Waals surface area contributed by atoms with Crippen LogP contribution in [0.5, 0.6) is 0 Å². The minimum Gasteiger partial charge on any atom is -0.298 e. The van der Waals surface area contributed by atoms with Crippen LogP contribution in [0.4, 0.5) is 0 Å². The van der Waals surface area contributed by atoms with Crippen LogP contribution in [-0.4, -0.2) is 19.3 Å². The Hall–Kier alpha value is -2.20. The molecule has 0 radical (unpaired) electrons. The lowest BCUT2D eigenvalue weighted by Gasteiger charge is -2.09. The van der Waals surface area contributed by atoms with Gasteiger partial charge in [-0.25, -0.2) is 5.48 Å². The number of carbonyl (C=O) groups excluding carboxylic acids is 2. The van der Waals surface area contributed by atoms with Gasteiger partial charge in [0.05, 0.1) is 12.7 Å². The Balaban J connectivity index is 2.75. The predicted molar refractivity (Wildman–Crippen MR) is 68.5 cm³/mol. The lowest BCUT2D eigenvalue weighted by molar-refractivity contribution is 0.0539. The van der Waals surface area contributed by atoms with Crippen molar-refractivity contribution in [1.29, 1.82) is 0 Å². The number of fused-ring (bicyclic) bond motifs is 1. The summed E-state index contributed by atoms with van der Waals surface area (Å²) in [6, 6.07) is 9.02. The first kappa shape index (κ1) is 12.3. The van der Waals surface area contributed by atoms with Crippen molar-refractivity contribution in [3.8, 4) is 0 Å². The molecule has 18 heavy (non-hydrogen) atoms. The first-order chi connectivity index (χ1) is 8.67. The maximum absolute atomic E-state index is 11.9. The normalized spacial score (nSPS) is 10.3. The number of amides is 1. The van der Waals surface area contributed by atoms with E-state index in [2.05, 4.69) is 10.3 Å². The molecule has 0 saturated carbocycles. The Bertz CT molecular complexity index is 620. The van der Waals surface area contributed by atoms with E-state index in [0.29, 0.717) is 16.5 Å². The lowest BCUT2D eigenvalue weighted by atomic mass is 9.97. The van der Waals surface area contributed by atoms with Crippen LogP contribution in [0.1, 0.15) is 26.3 Å². The number of benzene rings is 2. The number of hydroxylamine groups is 1. The average molecular weight is 243 g/mol. The van der Waals surface area contributed by atoms with Crippen molar-refractivity contribution < 1.29 is 14.4 Å². The predicted octanol–water partition coefficient (Wildman–Crippen LogP) is 2.25. The fourth-order valence-corrected chi connectivity index (χ4v) is 2.05. The van der Waals surface area contributed by atoms with Crippen LogP contribution in [0.25, 0.3) is 10.8 Å². The van der Waals surface area contributed by atoms with Crippen LogP contribution in [-0.2, 0) is 4.84 Å². The quantitative estimate of drug-likeness (QED) is 0.664. The molecule has 0 spiro atoms. The largest absolute Gasteiger partial charge is 0.298 e. The zero-order chi connectivity index (χ0) is 13.1. The zero-order valence-electron chi connectivity index (χ0n) is 10.2. The molecule has 0 saturated heterocycles. The molecule has 0 aromatic heterocycles. The van der Waals surface area contributed by atoms with Gasteiger partial charge in [0.1, 0.15) is 0 Å². The van der Waals surface area contributed by atoms with Gasteiger partial charge in [0.25, 0.3) is 5.91 Å². The highest BCUT2D eigenvalue weighted by atomic mass is 16.6. The van der Waals surface area contributed by atoms with Gasteiger partial charge in [0, 0.05) is 10.9 Å². The van der Waals surface area contributed by atoms with E-state index in [1.807, 2.05) is 19.1 Å². The molecule has 0 heterocycles. The van der Waals surface area contributed by atoms with E-state index in [1.54, 1.807) is 18.2 Å². The maximum Gasteiger partial charge on any atom is 0.275 e. The Morgan fingerprint density at radius 3 is 2.78 bits per heavy atom. The van der Waals surface area contributed by atoms with E-state index in [-0.39, 0.29) is 5.91 Å². The fraction of sp³-hybridized carbons (Fsp3) is 0.143. The summed E-state index contributed by atoms with van der Waals surface area (Å²) in [5, 5.41) is 1.51. The van der Waals surface area contributed by atoms with Crippen LogP contribution >= 0.6 is 0 Å². The Labute approximate surface area is 105 Å². The molecule has 4 nitrogen and oxygen atoms in total. The molecule has 0 aliphatic carbocycles. The van der Waals surface area contributed by atoms with Crippen molar-refractivity contribution >= 4 is 23.0 Å². The number of carbonyl (C=O) groups is 2. The highest BCUT2D eigenvalue weighted by Crippen LogP contribution is 2.24. The van der Waals surface area contributed by atoms with Gasteiger partial charge in [-0.15, -0.1) is 0 Å². The zero-order valence-corrected chi connectivity index (χ0v) is 10.2. The molecular weight excluding hydrogens is 230 g/mol. The van der Waals surface area contributed by atoms with E-state index in [1.165, 1.54) is 7.11 Å². The highest BCUT2D eigenvalue weighted by Gasteiger charge is 2.13. The van der Waals surface area contributed by atoms with Crippen molar-refractivity contribution in [2.24, 2.45) is 0 Å². The van der Waals surface area contributed by atoms with Crippen LogP contribution in [0, 0.1) is 6.92 Å². The van der Waals surface area contributed by atoms with Gasteiger partial charge in [-0.3, -0.25) is 14.4 Å². The van der Waals surface area contributed by atoms with Gasteiger partial charge in [-0.05, 0) is 30.0 Å².